The first-order valence-electron chi connectivity index (χ1n) is 32.3. The van der Waals surface area contributed by atoms with E-state index in [2.05, 4.69) is 137 Å². The molecule has 9 rings (SSSR count). The van der Waals surface area contributed by atoms with Crippen LogP contribution in [0.15, 0.2) is 23.3 Å². The van der Waals surface area contributed by atoms with Gasteiger partial charge in [-0.3, -0.25) is 0 Å². The zero-order chi connectivity index (χ0) is 53.8. The van der Waals surface area contributed by atoms with Gasteiger partial charge in [-0.2, -0.15) is 0 Å². The van der Waals surface area contributed by atoms with Gasteiger partial charge in [0.05, 0.1) is 18.3 Å². The van der Waals surface area contributed by atoms with Crippen LogP contribution in [0, 0.1) is 76.9 Å². The van der Waals surface area contributed by atoms with Crippen LogP contribution in [0.4, 0.5) is 0 Å². The van der Waals surface area contributed by atoms with Crippen LogP contribution in [-0.4, -0.2) is 38.1 Å². The second-order valence-electron chi connectivity index (χ2n) is 27.8. The van der Waals surface area contributed by atoms with Crippen molar-refractivity contribution in [3.8, 4) is 0 Å². The van der Waals surface area contributed by atoms with Gasteiger partial charge in [0.15, 0.2) is 0 Å². The molecule has 9 aliphatic rings. The summed E-state index contributed by atoms with van der Waals surface area (Å²) in [4.78, 5) is 0. The van der Waals surface area contributed by atoms with Gasteiger partial charge in [-0.25, -0.2) is 0 Å². The van der Waals surface area contributed by atoms with E-state index in [1.807, 2.05) is 0 Å². The first kappa shape index (κ1) is 72.4. The van der Waals surface area contributed by atoms with Crippen LogP contribution in [-0.2, 0) is 14.2 Å². The van der Waals surface area contributed by atoms with Crippen LogP contribution in [0.1, 0.15) is 316 Å². The van der Waals surface area contributed by atoms with Gasteiger partial charge in [0.1, 0.15) is 0 Å². The van der Waals surface area contributed by atoms with Gasteiger partial charge < -0.3 is 14.2 Å². The molecule has 442 valence electrons. The lowest BCUT2D eigenvalue weighted by molar-refractivity contribution is 0.000174. The summed E-state index contributed by atoms with van der Waals surface area (Å²) in [6.07, 6.45) is 45.8. The minimum atomic E-state index is 0. The van der Waals surface area contributed by atoms with Crippen molar-refractivity contribution in [1.82, 2.24) is 0 Å². The molecule has 0 aromatic carbocycles. The van der Waals surface area contributed by atoms with Crippen LogP contribution < -0.4 is 0 Å². The molecule has 0 bridgehead atoms. The van der Waals surface area contributed by atoms with E-state index in [0.717, 1.165) is 96.8 Å². The molecule has 4 saturated carbocycles. The SMILES string of the molecule is C.CC1=CCC(C)CC1.CC1=CCC(C)CC1.CC1CCC(C)CC1.CC1CCC(C)CC1.CC1CCC(C)CC1.CC1CCC(C)CC1.CC1CCC(C)OC1.CC1CCC(C)OC1.CC1CCC(C)OC1.[2HH].[HH].[HH]. The van der Waals surface area contributed by atoms with Gasteiger partial charge >= 0.3 is 0 Å². The molecule has 3 heterocycles. The van der Waals surface area contributed by atoms with E-state index in [1.165, 1.54) is 180 Å². The van der Waals surface area contributed by atoms with Crippen molar-refractivity contribution in [2.24, 2.45) is 76.9 Å². The Morgan fingerprint density at radius 1 is 0.274 bits per heavy atom. The fourth-order valence-corrected chi connectivity index (χ4v) is 10.9. The minimum absolute atomic E-state index is 0. The fourth-order valence-electron chi connectivity index (χ4n) is 10.9. The third-order valence-corrected chi connectivity index (χ3v) is 18.2. The summed E-state index contributed by atoms with van der Waals surface area (Å²) in [5.74, 6) is 12.4. The molecule has 0 aromatic rings. The average molecular weight is 1030 g/mol. The van der Waals surface area contributed by atoms with Crippen molar-refractivity contribution in [3.63, 3.8) is 0 Å². The Morgan fingerprint density at radius 3 is 0.562 bits per heavy atom. The van der Waals surface area contributed by atoms with Crippen LogP contribution in [0.2, 0.25) is 0 Å². The zero-order valence-electron chi connectivity index (χ0n) is 52.5. The predicted octanol–water partition coefficient (Wildman–Crippen LogP) is 23.7. The molecular formula is C70H144O3. The maximum absolute atomic E-state index is 5.39. The predicted molar refractivity (Wildman–Crippen MR) is 335 cm³/mol. The number of rotatable bonds is 0. The van der Waals surface area contributed by atoms with Gasteiger partial charge in [-0.15, -0.1) is 0 Å². The Kier molecular flexibility index (Phi) is 43.9. The number of allylic oxidation sites excluding steroid dienone is 4. The molecule has 0 amide bonds. The highest BCUT2D eigenvalue weighted by Gasteiger charge is 2.18. The summed E-state index contributed by atoms with van der Waals surface area (Å²) < 4.78 is 16.2. The maximum atomic E-state index is 5.39. The number of hydrogen-bond donors (Lipinski definition) is 0. The van der Waals surface area contributed by atoms with E-state index >= 15 is 0 Å². The number of hydrogen-bond acceptors (Lipinski definition) is 3. The summed E-state index contributed by atoms with van der Waals surface area (Å²) in [5.41, 5.74) is 3.17. The normalized spacial score (nSPS) is 37.0. The van der Waals surface area contributed by atoms with Crippen LogP contribution in [0.5, 0.6) is 0 Å². The molecule has 3 nitrogen and oxygen atoms in total. The van der Waals surface area contributed by atoms with Gasteiger partial charge in [0.2, 0.25) is 0 Å². The molecule has 6 aliphatic carbocycles. The zero-order valence-corrected chi connectivity index (χ0v) is 52.5. The Morgan fingerprint density at radius 2 is 0.452 bits per heavy atom. The molecule has 8 atom stereocenters. The Bertz CT molecular complexity index is 970. The van der Waals surface area contributed by atoms with Crippen molar-refractivity contribution in [2.45, 2.75) is 330 Å². The highest BCUT2D eigenvalue weighted by molar-refractivity contribution is 5.02. The summed E-state index contributed by atoms with van der Waals surface area (Å²) in [5, 5.41) is 0. The second kappa shape index (κ2) is 44.2. The quantitative estimate of drug-likeness (QED) is 0.226. The molecule has 73 heavy (non-hydrogen) atoms. The molecule has 3 saturated heterocycles. The maximum Gasteiger partial charge on any atom is 0.0547 e. The van der Waals surface area contributed by atoms with E-state index in [0.29, 0.717) is 18.3 Å². The fraction of sp³-hybridized carbons (Fsp3) is 0.943. The smallest absolute Gasteiger partial charge is 0.0547 e. The van der Waals surface area contributed by atoms with Gasteiger partial charge in [-0.05, 0) is 189 Å². The van der Waals surface area contributed by atoms with Crippen molar-refractivity contribution < 1.29 is 18.5 Å². The van der Waals surface area contributed by atoms with E-state index in [1.54, 1.807) is 11.1 Å². The molecule has 0 N–H and O–H groups in total. The van der Waals surface area contributed by atoms with Crippen molar-refractivity contribution >= 4 is 0 Å². The second-order valence-corrected chi connectivity index (χ2v) is 27.8. The minimum Gasteiger partial charge on any atom is -0.378 e. The van der Waals surface area contributed by atoms with Crippen molar-refractivity contribution in [3.05, 3.63) is 23.3 Å². The Labute approximate surface area is 466 Å². The Balaban J connectivity index is -0.000000381. The first-order valence-corrected chi connectivity index (χ1v) is 32.3. The number of ether oxygens (including phenoxy) is 3. The van der Waals surface area contributed by atoms with Gasteiger partial charge in [0.25, 0.3) is 0 Å². The molecule has 7 fully saturated rings. The molecule has 3 heteroatoms. The van der Waals surface area contributed by atoms with Crippen LogP contribution in [0.25, 0.3) is 0 Å². The standard InChI is InChI=1S/4C8H16.2C8H14.3C7H14O.CH4.3H2/c6*1-7-3-5-8(2)6-4-7;3*1-6-3-4-7(2)8-5-6;;;;/h4*7-8H,3-6H2,1-2H3;2*3,8H,4-6H2,1-2H3;3*6-7H,3-5H2,1-2H3;1H4;3*1H/i;;;;;;;;;;1+1;;. The average Bonchev–Trinajstić information content (AvgIpc) is 3.36. The summed E-state index contributed by atoms with van der Waals surface area (Å²) in [7, 11) is 0. The van der Waals surface area contributed by atoms with Gasteiger partial charge in [-0.1, -0.05) is 223 Å². The largest absolute Gasteiger partial charge is 0.378 e. The van der Waals surface area contributed by atoms with E-state index in [4.69, 9.17) is 14.2 Å². The van der Waals surface area contributed by atoms with Gasteiger partial charge in [0, 0.05) is 24.1 Å². The third kappa shape index (κ3) is 43.0. The van der Waals surface area contributed by atoms with E-state index in [-0.39, 0.29) is 11.7 Å². The van der Waals surface area contributed by atoms with E-state index in [9.17, 15) is 0 Å². The first-order chi connectivity index (χ1) is 34.1. The molecule has 0 spiro atoms. The molecule has 0 radical (unpaired) electrons. The highest BCUT2D eigenvalue weighted by atomic mass is 16.5. The highest BCUT2D eigenvalue weighted by Crippen LogP contribution is 2.30. The molecule has 8 unspecified atom stereocenters. The topological polar surface area (TPSA) is 27.7 Å². The molecule has 0 aromatic heterocycles. The Hall–Kier alpha value is -0.640. The van der Waals surface area contributed by atoms with Crippen LogP contribution >= 0.6 is 0 Å². The lowest BCUT2D eigenvalue weighted by Gasteiger charge is -2.23. The third-order valence-electron chi connectivity index (χ3n) is 18.2. The van der Waals surface area contributed by atoms with Crippen molar-refractivity contribution in [1.29, 1.82) is 0 Å². The van der Waals surface area contributed by atoms with Crippen LogP contribution in [0.3, 0.4) is 0 Å². The van der Waals surface area contributed by atoms with Crippen molar-refractivity contribution in [2.75, 3.05) is 19.8 Å². The summed E-state index contributed by atoms with van der Waals surface area (Å²) >= 11 is 0. The molecular weight excluding hydrogens is 889 g/mol. The molecule has 3 aliphatic heterocycles. The lowest BCUT2D eigenvalue weighted by atomic mass is 9.84. The summed E-state index contributed by atoms with van der Waals surface area (Å²) in [6.45, 7) is 44.1. The monoisotopic (exact) mass is 1030 g/mol. The summed E-state index contributed by atoms with van der Waals surface area (Å²) in [6, 6.07) is 0. The van der Waals surface area contributed by atoms with E-state index < -0.39 is 0 Å². The lowest BCUT2D eigenvalue weighted by Crippen LogP contribution is -2.21.